The molecule has 0 amide bonds. The zero-order chi connectivity index (χ0) is 11.7. The van der Waals surface area contributed by atoms with Crippen molar-refractivity contribution in [2.75, 3.05) is 13.1 Å². The van der Waals surface area contributed by atoms with Gasteiger partial charge in [0, 0.05) is 6.42 Å². The van der Waals surface area contributed by atoms with Gasteiger partial charge in [-0.05, 0) is 6.42 Å². The number of rotatable bonds is 8. The van der Waals surface area contributed by atoms with E-state index in [1.165, 1.54) is 0 Å². The van der Waals surface area contributed by atoms with Gasteiger partial charge < -0.3 is 5.32 Å². The maximum Gasteiger partial charge on any atom is 0.401 e. The first kappa shape index (κ1) is 14.4. The molecule has 15 heavy (non-hydrogen) atoms. The number of unbranched alkanes of at least 4 members (excludes halogenated alkanes) is 3. The van der Waals surface area contributed by atoms with Gasteiger partial charge in [0.05, 0.1) is 13.1 Å². The predicted octanol–water partition coefficient (Wildman–Crippen LogP) is 2.68. The number of hydrogen-bond acceptors (Lipinski definition) is 2. The summed E-state index contributed by atoms with van der Waals surface area (Å²) in [5.74, 6) is -0.143. The van der Waals surface area contributed by atoms with Crippen LogP contribution in [0.2, 0.25) is 0 Å². The average Bonchev–Trinajstić information content (AvgIpc) is 2.10. The van der Waals surface area contributed by atoms with Gasteiger partial charge in [0.2, 0.25) is 0 Å². The standard InChI is InChI=1S/C10H18F3NO/c1-2-3-4-5-6-9(15)7-14-8-10(11,12)13/h14H,2-8H2,1H3. The molecule has 0 saturated heterocycles. The van der Waals surface area contributed by atoms with Crippen LogP contribution in [0.3, 0.4) is 0 Å². The monoisotopic (exact) mass is 225 g/mol. The molecule has 0 radical (unpaired) electrons. The topological polar surface area (TPSA) is 29.1 Å². The Labute approximate surface area is 88.2 Å². The second-order valence-corrected chi connectivity index (χ2v) is 3.57. The van der Waals surface area contributed by atoms with Crippen molar-refractivity contribution < 1.29 is 18.0 Å². The Balaban J connectivity index is 3.34. The smallest absolute Gasteiger partial charge is 0.302 e. The van der Waals surface area contributed by atoms with Crippen molar-refractivity contribution in [1.29, 1.82) is 0 Å². The molecule has 0 spiro atoms. The summed E-state index contributed by atoms with van der Waals surface area (Å²) in [6.45, 7) is 0.798. The second-order valence-electron chi connectivity index (χ2n) is 3.57. The molecule has 5 heteroatoms. The minimum absolute atomic E-state index is 0.143. The van der Waals surface area contributed by atoms with Gasteiger partial charge in [-0.2, -0.15) is 13.2 Å². The summed E-state index contributed by atoms with van der Waals surface area (Å²) in [5.41, 5.74) is 0. The Kier molecular flexibility index (Phi) is 7.38. The lowest BCUT2D eigenvalue weighted by atomic mass is 10.1. The van der Waals surface area contributed by atoms with Crippen LogP contribution in [0.1, 0.15) is 39.0 Å². The third kappa shape index (κ3) is 11.3. The number of nitrogens with one attached hydrogen (secondary N) is 1. The van der Waals surface area contributed by atoms with Crippen molar-refractivity contribution >= 4 is 5.78 Å². The van der Waals surface area contributed by atoms with Gasteiger partial charge in [-0.15, -0.1) is 0 Å². The molecule has 2 nitrogen and oxygen atoms in total. The summed E-state index contributed by atoms with van der Waals surface area (Å²) in [7, 11) is 0. The Hall–Kier alpha value is -0.580. The Morgan fingerprint density at radius 2 is 1.87 bits per heavy atom. The minimum Gasteiger partial charge on any atom is -0.302 e. The molecule has 0 fully saturated rings. The van der Waals surface area contributed by atoms with E-state index in [1.807, 2.05) is 0 Å². The van der Waals surface area contributed by atoms with Crippen molar-refractivity contribution in [2.45, 2.75) is 45.2 Å². The van der Waals surface area contributed by atoms with Crippen LogP contribution in [0.5, 0.6) is 0 Å². The molecule has 0 aliphatic carbocycles. The maximum absolute atomic E-state index is 11.7. The summed E-state index contributed by atoms with van der Waals surface area (Å²) >= 11 is 0. The fourth-order valence-corrected chi connectivity index (χ4v) is 1.18. The molecule has 90 valence electrons. The van der Waals surface area contributed by atoms with Crippen LogP contribution in [0, 0.1) is 0 Å². The Morgan fingerprint density at radius 3 is 2.40 bits per heavy atom. The molecule has 0 aromatic carbocycles. The normalized spacial score (nSPS) is 11.7. The van der Waals surface area contributed by atoms with Gasteiger partial charge in [0.25, 0.3) is 0 Å². The van der Waals surface area contributed by atoms with Crippen LogP contribution in [0.25, 0.3) is 0 Å². The van der Waals surface area contributed by atoms with Gasteiger partial charge in [-0.1, -0.05) is 26.2 Å². The van der Waals surface area contributed by atoms with E-state index in [9.17, 15) is 18.0 Å². The molecular formula is C10H18F3NO. The Bertz CT molecular complexity index is 180. The summed E-state index contributed by atoms with van der Waals surface area (Å²) in [4.78, 5) is 11.1. The maximum atomic E-state index is 11.7. The number of ketones is 1. The van der Waals surface area contributed by atoms with Gasteiger partial charge in [-0.3, -0.25) is 4.79 Å². The van der Waals surface area contributed by atoms with Gasteiger partial charge >= 0.3 is 6.18 Å². The lowest BCUT2D eigenvalue weighted by Crippen LogP contribution is -2.32. The van der Waals surface area contributed by atoms with Crippen LogP contribution in [-0.4, -0.2) is 25.0 Å². The van der Waals surface area contributed by atoms with Crippen molar-refractivity contribution in [3.8, 4) is 0 Å². The third-order valence-corrected chi connectivity index (χ3v) is 1.96. The molecule has 0 heterocycles. The number of carbonyl (C=O) groups is 1. The molecule has 0 rings (SSSR count). The molecular weight excluding hydrogens is 207 g/mol. The first-order chi connectivity index (χ1) is 6.95. The van der Waals surface area contributed by atoms with Crippen molar-refractivity contribution in [1.82, 2.24) is 5.32 Å². The predicted molar refractivity (Wildman–Crippen MR) is 52.7 cm³/mol. The van der Waals surface area contributed by atoms with E-state index in [1.54, 1.807) is 0 Å². The van der Waals surface area contributed by atoms with Crippen LogP contribution in [0.15, 0.2) is 0 Å². The number of hydrogen-bond donors (Lipinski definition) is 1. The van der Waals surface area contributed by atoms with Crippen LogP contribution in [0.4, 0.5) is 13.2 Å². The average molecular weight is 225 g/mol. The van der Waals surface area contributed by atoms with Gasteiger partial charge in [0.15, 0.2) is 0 Å². The van der Waals surface area contributed by atoms with E-state index >= 15 is 0 Å². The van der Waals surface area contributed by atoms with Crippen molar-refractivity contribution in [3.63, 3.8) is 0 Å². The lowest BCUT2D eigenvalue weighted by Gasteiger charge is -2.07. The molecule has 0 atom stereocenters. The molecule has 0 aliphatic heterocycles. The number of halogens is 3. The van der Waals surface area contributed by atoms with E-state index in [2.05, 4.69) is 12.2 Å². The summed E-state index contributed by atoms with van der Waals surface area (Å²) in [6, 6.07) is 0. The molecule has 0 saturated carbocycles. The highest BCUT2D eigenvalue weighted by Gasteiger charge is 2.26. The molecule has 0 aliphatic rings. The third-order valence-electron chi connectivity index (χ3n) is 1.96. The highest BCUT2D eigenvalue weighted by molar-refractivity contribution is 5.80. The number of alkyl halides is 3. The first-order valence-corrected chi connectivity index (χ1v) is 5.25. The van der Waals surface area contributed by atoms with Crippen molar-refractivity contribution in [2.24, 2.45) is 0 Å². The van der Waals surface area contributed by atoms with Crippen molar-refractivity contribution in [3.05, 3.63) is 0 Å². The summed E-state index contributed by atoms with van der Waals surface area (Å²) < 4.78 is 35.1. The highest BCUT2D eigenvalue weighted by Crippen LogP contribution is 2.12. The number of carbonyl (C=O) groups excluding carboxylic acids is 1. The zero-order valence-corrected chi connectivity index (χ0v) is 8.99. The molecule has 0 bridgehead atoms. The highest BCUT2D eigenvalue weighted by atomic mass is 19.4. The fourth-order valence-electron chi connectivity index (χ4n) is 1.18. The molecule has 0 aromatic rings. The quantitative estimate of drug-likeness (QED) is 0.643. The van der Waals surface area contributed by atoms with Crippen LogP contribution in [-0.2, 0) is 4.79 Å². The van der Waals surface area contributed by atoms with Crippen LogP contribution < -0.4 is 5.32 Å². The van der Waals surface area contributed by atoms with Gasteiger partial charge in [0.1, 0.15) is 5.78 Å². The fraction of sp³-hybridized carbons (Fsp3) is 0.900. The largest absolute Gasteiger partial charge is 0.401 e. The SMILES string of the molecule is CCCCCCC(=O)CNCC(F)(F)F. The molecule has 0 unspecified atom stereocenters. The van der Waals surface area contributed by atoms with Crippen LogP contribution >= 0.6 is 0 Å². The summed E-state index contributed by atoms with van der Waals surface area (Å²) in [5, 5.41) is 2.09. The minimum atomic E-state index is -4.23. The number of Topliss-reactive ketones (excluding diaryl/α,β-unsaturated/α-hetero) is 1. The zero-order valence-electron chi connectivity index (χ0n) is 8.99. The van der Waals surface area contributed by atoms with Gasteiger partial charge in [-0.25, -0.2) is 0 Å². The van der Waals surface area contributed by atoms with E-state index in [4.69, 9.17) is 0 Å². The van der Waals surface area contributed by atoms with E-state index in [0.717, 1.165) is 25.7 Å². The van der Waals surface area contributed by atoms with E-state index in [-0.39, 0.29) is 12.3 Å². The van der Waals surface area contributed by atoms with E-state index in [0.29, 0.717) is 6.42 Å². The lowest BCUT2D eigenvalue weighted by molar-refractivity contribution is -0.127. The first-order valence-electron chi connectivity index (χ1n) is 5.25. The molecule has 0 aromatic heterocycles. The molecule has 1 N–H and O–H groups in total. The second kappa shape index (κ2) is 7.68. The van der Waals surface area contributed by atoms with E-state index < -0.39 is 12.7 Å². The summed E-state index contributed by atoms with van der Waals surface area (Å²) in [6.07, 6.45) is 0.0546. The Morgan fingerprint density at radius 1 is 1.20 bits per heavy atom.